The topological polar surface area (TPSA) is 110 Å². The van der Waals surface area contributed by atoms with Gasteiger partial charge in [0, 0.05) is 18.7 Å². The van der Waals surface area contributed by atoms with Gasteiger partial charge in [0.2, 0.25) is 0 Å². The highest BCUT2D eigenvalue weighted by Crippen LogP contribution is 2.37. The number of carboxylic acid groups (broad SMARTS) is 1. The fraction of sp³-hybridized carbons (Fsp3) is 0.367. The third-order valence-corrected chi connectivity index (χ3v) is 7.32. The van der Waals surface area contributed by atoms with Gasteiger partial charge in [-0.15, -0.1) is 0 Å². The first-order chi connectivity index (χ1) is 20.9. The molecule has 3 N–H and O–H groups in total. The van der Waals surface area contributed by atoms with Crippen molar-refractivity contribution in [3.63, 3.8) is 0 Å². The van der Waals surface area contributed by atoms with E-state index in [2.05, 4.69) is 20.4 Å². The monoisotopic (exact) mass is 641 g/mol. The third kappa shape index (κ3) is 8.35. The quantitative estimate of drug-likeness (QED) is 0.189. The van der Waals surface area contributed by atoms with Crippen LogP contribution in [0, 0.1) is 5.82 Å². The lowest BCUT2D eigenvalue weighted by Gasteiger charge is -2.36. The lowest BCUT2D eigenvalue weighted by Crippen LogP contribution is -2.55. The van der Waals surface area contributed by atoms with E-state index in [1.807, 2.05) is 0 Å². The molecular formula is C30H29ClF5N3O5. The third-order valence-electron chi connectivity index (χ3n) is 7.09. The van der Waals surface area contributed by atoms with Crippen molar-refractivity contribution in [2.45, 2.75) is 62.3 Å². The molecule has 0 aliphatic heterocycles. The number of nitrogens with one attached hydrogen (secondary N) is 2. The summed E-state index contributed by atoms with van der Waals surface area (Å²) in [6, 6.07) is 12.7. The molecule has 1 aliphatic carbocycles. The van der Waals surface area contributed by atoms with Crippen LogP contribution in [0.25, 0.3) is 0 Å². The predicted octanol–water partition coefficient (Wildman–Crippen LogP) is 6.31. The van der Waals surface area contributed by atoms with Gasteiger partial charge in [-0.05, 0) is 54.7 Å². The summed E-state index contributed by atoms with van der Waals surface area (Å²) < 4.78 is 78.5. The summed E-state index contributed by atoms with van der Waals surface area (Å²) >= 11 is 6.07. The van der Waals surface area contributed by atoms with E-state index in [0.29, 0.717) is 30.9 Å². The van der Waals surface area contributed by atoms with E-state index in [0.717, 1.165) is 12.1 Å². The molecule has 1 saturated carbocycles. The number of carbonyl (C=O) groups is 2. The lowest BCUT2D eigenvalue weighted by atomic mass is 9.80. The van der Waals surface area contributed by atoms with Gasteiger partial charge in [-0.2, -0.15) is 17.6 Å². The molecule has 0 saturated heterocycles. The molecule has 236 valence electrons. The molecule has 2 aromatic carbocycles. The van der Waals surface area contributed by atoms with E-state index >= 15 is 4.39 Å². The average Bonchev–Trinajstić information content (AvgIpc) is 3.39. The fourth-order valence-corrected chi connectivity index (χ4v) is 5.22. The molecule has 2 amide bonds. The Hall–Kier alpha value is -3.97. The van der Waals surface area contributed by atoms with Crippen LogP contribution in [0.4, 0.5) is 26.7 Å². The maximum absolute atomic E-state index is 15.0. The molecule has 3 aromatic rings. The van der Waals surface area contributed by atoms with Gasteiger partial charge in [0.1, 0.15) is 17.1 Å². The number of nitrogens with zero attached hydrogens (tertiary/aromatic N) is 1. The molecule has 0 bridgehead atoms. The van der Waals surface area contributed by atoms with E-state index in [4.69, 9.17) is 21.4 Å². The number of hydrogen-bond donors (Lipinski definition) is 3. The molecule has 8 nitrogen and oxygen atoms in total. The van der Waals surface area contributed by atoms with Gasteiger partial charge in [0.25, 0.3) is 0 Å². The molecule has 1 heterocycles. The number of aliphatic carboxylic acids is 1. The Balaban J connectivity index is 1.77. The van der Waals surface area contributed by atoms with E-state index in [1.54, 1.807) is 30.3 Å². The molecule has 1 aliphatic rings. The number of carboxylic acids is 1. The minimum absolute atomic E-state index is 0.0538. The molecule has 3 atom stereocenters. The van der Waals surface area contributed by atoms with Crippen LogP contribution < -0.4 is 15.4 Å². The van der Waals surface area contributed by atoms with Crippen molar-refractivity contribution in [3.05, 3.63) is 94.5 Å². The highest BCUT2D eigenvalue weighted by Gasteiger charge is 2.45. The number of pyridine rings is 1. The van der Waals surface area contributed by atoms with Gasteiger partial charge in [-0.1, -0.05) is 41.9 Å². The summed E-state index contributed by atoms with van der Waals surface area (Å²) in [5.41, 5.74) is -1.16. The van der Waals surface area contributed by atoms with Crippen molar-refractivity contribution in [1.29, 1.82) is 0 Å². The Morgan fingerprint density at radius 3 is 2.50 bits per heavy atom. The molecule has 4 rings (SSSR count). The number of aromatic nitrogens is 1. The van der Waals surface area contributed by atoms with Gasteiger partial charge in [-0.25, -0.2) is 9.18 Å². The Labute approximate surface area is 254 Å². The smallest absolute Gasteiger partial charge is 0.461 e. The maximum atomic E-state index is 15.0. The van der Waals surface area contributed by atoms with E-state index in [1.165, 1.54) is 18.3 Å². The van der Waals surface area contributed by atoms with Crippen LogP contribution in [0.3, 0.4) is 0 Å². The average molecular weight is 642 g/mol. The predicted molar refractivity (Wildman–Crippen MR) is 149 cm³/mol. The number of rotatable bonds is 13. The second kappa shape index (κ2) is 14.2. The Morgan fingerprint density at radius 2 is 1.84 bits per heavy atom. The number of benzene rings is 2. The second-order valence-electron chi connectivity index (χ2n) is 10.3. The summed E-state index contributed by atoms with van der Waals surface area (Å²) in [6.45, 7) is -0.0538. The lowest BCUT2D eigenvalue weighted by molar-refractivity contribution is -0.253. The van der Waals surface area contributed by atoms with Gasteiger partial charge in [-0.3, -0.25) is 9.78 Å². The SMILES string of the molecule is O=C(O)CCO[C@@H]1CCCC1NC(=O)N[C@@](Cc1ccccc1)(c1cc(F)cc(OC(F)(F)C(F)F)c1)c1ccc(Cl)cn1. The van der Waals surface area contributed by atoms with Crippen LogP contribution in [0.5, 0.6) is 5.75 Å². The number of alkyl halides is 4. The Bertz CT molecular complexity index is 1430. The number of urea groups is 1. The van der Waals surface area contributed by atoms with Crippen molar-refractivity contribution in [3.8, 4) is 5.75 Å². The van der Waals surface area contributed by atoms with Gasteiger partial charge in [0.15, 0.2) is 0 Å². The van der Waals surface area contributed by atoms with Crippen molar-refractivity contribution in [2.24, 2.45) is 0 Å². The molecule has 1 unspecified atom stereocenters. The van der Waals surface area contributed by atoms with Gasteiger partial charge >= 0.3 is 24.5 Å². The summed E-state index contributed by atoms with van der Waals surface area (Å²) in [5.74, 6) is -3.03. The number of amides is 2. The Morgan fingerprint density at radius 1 is 1.09 bits per heavy atom. The number of hydrogen-bond acceptors (Lipinski definition) is 5. The zero-order chi connectivity index (χ0) is 31.9. The zero-order valence-corrected chi connectivity index (χ0v) is 23.9. The van der Waals surface area contributed by atoms with Crippen LogP contribution >= 0.6 is 11.6 Å². The van der Waals surface area contributed by atoms with Crippen LogP contribution in [0.2, 0.25) is 5.02 Å². The van der Waals surface area contributed by atoms with Crippen LogP contribution in [-0.2, 0) is 21.5 Å². The molecule has 1 aromatic heterocycles. The molecule has 44 heavy (non-hydrogen) atoms. The number of carbonyl (C=O) groups excluding carboxylic acids is 1. The normalized spacial score (nSPS) is 18.1. The fourth-order valence-electron chi connectivity index (χ4n) is 5.11. The Kier molecular flexibility index (Phi) is 10.6. The van der Waals surface area contributed by atoms with E-state index in [9.17, 15) is 27.2 Å². The minimum atomic E-state index is -4.92. The van der Waals surface area contributed by atoms with Crippen LogP contribution in [0.15, 0.2) is 66.9 Å². The highest BCUT2D eigenvalue weighted by atomic mass is 35.5. The molecule has 1 fully saturated rings. The summed E-state index contributed by atoms with van der Waals surface area (Å²) in [5, 5.41) is 14.8. The summed E-state index contributed by atoms with van der Waals surface area (Å²) in [4.78, 5) is 28.9. The van der Waals surface area contributed by atoms with Crippen molar-refractivity contribution >= 4 is 23.6 Å². The number of ether oxygens (including phenoxy) is 2. The maximum Gasteiger partial charge on any atom is 0.461 e. The van der Waals surface area contributed by atoms with Crippen molar-refractivity contribution in [1.82, 2.24) is 15.6 Å². The van der Waals surface area contributed by atoms with Crippen molar-refractivity contribution in [2.75, 3.05) is 6.61 Å². The first-order valence-corrected chi connectivity index (χ1v) is 14.0. The molecule has 14 heteroatoms. The standard InChI is InChI=1S/C30H29ClF5N3O5/c31-20-9-10-25(37-17-20)29(16-18-5-2-1-3-6-18,19-13-21(32)15-22(14-19)44-30(35,36)27(33)34)39-28(42)38-23-7-4-8-24(23)43-12-11-26(40)41/h1-3,5-6,9-10,13-15,17,23-24,27H,4,7-8,11-12,16H2,(H,40,41)(H2,38,39,42)/t23?,24-,29+/m1/s1. The summed E-state index contributed by atoms with van der Waals surface area (Å²) in [6.07, 6.45) is -6.82. The molecule has 0 radical (unpaired) electrons. The van der Waals surface area contributed by atoms with Crippen LogP contribution in [0.1, 0.15) is 42.5 Å². The zero-order valence-electron chi connectivity index (χ0n) is 23.1. The van der Waals surface area contributed by atoms with Gasteiger partial charge < -0.3 is 25.2 Å². The molecule has 0 spiro atoms. The largest absolute Gasteiger partial charge is 0.481 e. The molecular weight excluding hydrogens is 613 g/mol. The first-order valence-electron chi connectivity index (χ1n) is 13.6. The van der Waals surface area contributed by atoms with Crippen molar-refractivity contribution < 1.29 is 46.1 Å². The number of halogens is 6. The minimum Gasteiger partial charge on any atom is -0.481 e. The van der Waals surface area contributed by atoms with Gasteiger partial charge in [0.05, 0.1) is 35.9 Å². The highest BCUT2D eigenvalue weighted by molar-refractivity contribution is 6.30. The first kappa shape index (κ1) is 32.9. The van der Waals surface area contributed by atoms with Crippen LogP contribution in [-0.4, -0.2) is 53.4 Å². The summed E-state index contributed by atoms with van der Waals surface area (Å²) in [7, 11) is 0. The second-order valence-corrected chi connectivity index (χ2v) is 10.7. The van der Waals surface area contributed by atoms with E-state index < -0.39 is 53.8 Å². The van der Waals surface area contributed by atoms with E-state index in [-0.39, 0.29) is 35.7 Å².